The van der Waals surface area contributed by atoms with Crippen molar-refractivity contribution in [1.29, 1.82) is 5.41 Å². The van der Waals surface area contributed by atoms with Crippen LogP contribution in [-0.2, 0) is 24.0 Å². The molecule has 0 aromatic carbocycles. The topological polar surface area (TPSA) is 265 Å². The number of primary amides is 1. The molecule has 1 aliphatic heterocycles. The molecule has 13 N–H and O–H groups in total. The van der Waals surface area contributed by atoms with Crippen LogP contribution < -0.4 is 44.2 Å². The summed E-state index contributed by atoms with van der Waals surface area (Å²) in [4.78, 5) is 64.9. The molecule has 15 nitrogen and oxygen atoms in total. The zero-order valence-electron chi connectivity index (χ0n) is 23.7. The summed E-state index contributed by atoms with van der Waals surface area (Å²) in [7, 11) is 0. The van der Waals surface area contributed by atoms with Gasteiger partial charge in [-0.3, -0.25) is 29.4 Å². The summed E-state index contributed by atoms with van der Waals surface area (Å²) in [6.45, 7) is 4.55. The minimum absolute atomic E-state index is 0.0512. The fraction of sp³-hybridized carbons (Fsp3) is 0.760. The molecule has 0 bridgehead atoms. The maximum Gasteiger partial charge on any atom is 0.245 e. The third kappa shape index (κ3) is 12.6. The molecule has 0 unspecified atom stereocenters. The number of carbonyl (C=O) groups excluding carboxylic acids is 5. The van der Waals surface area contributed by atoms with Gasteiger partial charge in [0, 0.05) is 13.1 Å². The van der Waals surface area contributed by atoms with Crippen molar-refractivity contribution in [2.45, 2.75) is 89.4 Å². The molecule has 0 aromatic heterocycles. The van der Waals surface area contributed by atoms with Crippen LogP contribution in [0, 0.1) is 11.3 Å². The van der Waals surface area contributed by atoms with Crippen molar-refractivity contribution in [2.24, 2.45) is 28.9 Å². The summed E-state index contributed by atoms with van der Waals surface area (Å²) in [6, 6.07) is -3.53. The number of hydrogen-bond donors (Lipinski definition) is 9. The van der Waals surface area contributed by atoms with Crippen LogP contribution in [0.15, 0.2) is 0 Å². The summed E-state index contributed by atoms with van der Waals surface area (Å²) in [5.41, 5.74) is 22.0. The molecule has 1 heterocycles. The molecule has 1 saturated heterocycles. The Morgan fingerprint density at radius 1 is 0.950 bits per heavy atom. The fourth-order valence-corrected chi connectivity index (χ4v) is 4.48. The second kappa shape index (κ2) is 18.0. The monoisotopic (exact) mass is 568 g/mol. The Hall–Kier alpha value is -3.46. The van der Waals surface area contributed by atoms with E-state index in [1.807, 2.05) is 13.8 Å². The Morgan fingerprint density at radius 2 is 1.62 bits per heavy atom. The van der Waals surface area contributed by atoms with Gasteiger partial charge in [0.2, 0.25) is 29.5 Å². The van der Waals surface area contributed by atoms with E-state index in [1.54, 1.807) is 0 Å². The number of carbonyl (C=O) groups is 5. The van der Waals surface area contributed by atoms with Gasteiger partial charge in [0.1, 0.15) is 18.1 Å². The Morgan fingerprint density at radius 3 is 2.23 bits per heavy atom. The first-order chi connectivity index (χ1) is 18.9. The lowest BCUT2D eigenvalue weighted by atomic mass is 10.0. The summed E-state index contributed by atoms with van der Waals surface area (Å²) >= 11 is 0. The second-order valence-corrected chi connectivity index (χ2v) is 10.5. The van der Waals surface area contributed by atoms with Gasteiger partial charge in [0.25, 0.3) is 0 Å². The zero-order valence-corrected chi connectivity index (χ0v) is 23.7. The molecule has 40 heavy (non-hydrogen) atoms. The van der Waals surface area contributed by atoms with Crippen molar-refractivity contribution in [3.8, 4) is 0 Å². The van der Waals surface area contributed by atoms with Gasteiger partial charge in [-0.25, -0.2) is 0 Å². The zero-order chi connectivity index (χ0) is 30.2. The molecular weight excluding hydrogens is 520 g/mol. The lowest BCUT2D eigenvalue weighted by molar-refractivity contribution is -0.142. The van der Waals surface area contributed by atoms with E-state index in [4.69, 9.17) is 28.3 Å². The quantitative estimate of drug-likeness (QED) is 0.0473. The molecule has 15 heteroatoms. The number of hydrogen-bond acceptors (Lipinski definition) is 8. The number of rotatable bonds is 18. The maximum absolute atomic E-state index is 13.6. The van der Waals surface area contributed by atoms with Crippen LogP contribution in [0.25, 0.3) is 0 Å². The molecule has 0 saturated carbocycles. The Balaban J connectivity index is 3.04. The van der Waals surface area contributed by atoms with Gasteiger partial charge in [-0.05, 0) is 57.4 Å². The van der Waals surface area contributed by atoms with Crippen LogP contribution in [-0.4, -0.2) is 90.7 Å². The Bertz CT molecular complexity index is 884. The van der Waals surface area contributed by atoms with Gasteiger partial charge < -0.3 is 49.1 Å². The predicted molar refractivity (Wildman–Crippen MR) is 150 cm³/mol. The summed E-state index contributed by atoms with van der Waals surface area (Å²) in [6.07, 6.45) is 3.71. The predicted octanol–water partition coefficient (Wildman–Crippen LogP) is -2.69. The maximum atomic E-state index is 13.6. The van der Waals surface area contributed by atoms with Gasteiger partial charge in [0.15, 0.2) is 5.96 Å². The average molecular weight is 569 g/mol. The van der Waals surface area contributed by atoms with Gasteiger partial charge in [-0.2, -0.15) is 0 Å². The van der Waals surface area contributed by atoms with E-state index in [0.29, 0.717) is 58.2 Å². The van der Waals surface area contributed by atoms with Crippen LogP contribution in [0.1, 0.15) is 65.2 Å². The van der Waals surface area contributed by atoms with E-state index < -0.39 is 53.7 Å². The van der Waals surface area contributed by atoms with Gasteiger partial charge in [0.05, 0.1) is 12.6 Å². The molecule has 0 radical (unpaired) electrons. The van der Waals surface area contributed by atoms with Crippen LogP contribution >= 0.6 is 0 Å². The van der Waals surface area contributed by atoms with Gasteiger partial charge in [-0.1, -0.05) is 20.3 Å². The van der Waals surface area contributed by atoms with Crippen molar-refractivity contribution in [3.05, 3.63) is 0 Å². The lowest BCUT2D eigenvalue weighted by Gasteiger charge is -2.30. The summed E-state index contributed by atoms with van der Waals surface area (Å²) in [5, 5.41) is 17.9. The average Bonchev–Trinajstić information content (AvgIpc) is 3.37. The molecule has 228 valence electrons. The number of amides is 5. The number of unbranched alkanes of at least 4 members (excludes halogenated alkanes) is 1. The first kappa shape index (κ1) is 34.6. The molecule has 1 aliphatic rings. The fourth-order valence-electron chi connectivity index (χ4n) is 4.48. The molecule has 1 fully saturated rings. The van der Waals surface area contributed by atoms with E-state index in [-0.39, 0.29) is 24.8 Å². The SMILES string of the molecule is CC(C)C[C@H](NC(=O)[C@H](N)CCCCN)C(=O)N[C@@H](CCCNC(=N)N)C(=O)N1CCC[C@H]1C(=O)NCC(N)=O. The molecular formula is C25H48N10O5. The minimum Gasteiger partial charge on any atom is -0.370 e. The normalized spacial score (nSPS) is 17.0. The highest BCUT2D eigenvalue weighted by atomic mass is 16.2. The minimum atomic E-state index is -1.00. The molecule has 0 spiro atoms. The highest BCUT2D eigenvalue weighted by Crippen LogP contribution is 2.20. The smallest absolute Gasteiger partial charge is 0.245 e. The van der Waals surface area contributed by atoms with E-state index >= 15 is 0 Å². The van der Waals surface area contributed by atoms with Gasteiger partial charge >= 0.3 is 0 Å². The number of nitrogens with zero attached hydrogens (tertiary/aromatic N) is 1. The van der Waals surface area contributed by atoms with Crippen molar-refractivity contribution < 1.29 is 24.0 Å². The number of nitrogens with two attached hydrogens (primary N) is 4. The van der Waals surface area contributed by atoms with E-state index in [1.165, 1.54) is 4.90 Å². The largest absolute Gasteiger partial charge is 0.370 e. The molecule has 5 amide bonds. The Kier molecular flexibility index (Phi) is 15.6. The van der Waals surface area contributed by atoms with Crippen molar-refractivity contribution in [3.63, 3.8) is 0 Å². The molecule has 1 rings (SSSR count). The highest BCUT2D eigenvalue weighted by Gasteiger charge is 2.38. The third-order valence-electron chi connectivity index (χ3n) is 6.52. The van der Waals surface area contributed by atoms with Crippen LogP contribution in [0.2, 0.25) is 0 Å². The number of guanidine groups is 1. The first-order valence-electron chi connectivity index (χ1n) is 13.9. The highest BCUT2D eigenvalue weighted by molar-refractivity contribution is 5.95. The van der Waals surface area contributed by atoms with Crippen molar-refractivity contribution >= 4 is 35.5 Å². The lowest BCUT2D eigenvalue weighted by Crippen LogP contribution is -2.58. The van der Waals surface area contributed by atoms with Crippen LogP contribution in [0.4, 0.5) is 0 Å². The molecule has 0 aliphatic carbocycles. The van der Waals surface area contributed by atoms with Crippen molar-refractivity contribution in [1.82, 2.24) is 26.2 Å². The van der Waals surface area contributed by atoms with E-state index in [2.05, 4.69) is 21.3 Å². The molecule has 0 aromatic rings. The Labute approximate surface area is 235 Å². The first-order valence-corrected chi connectivity index (χ1v) is 13.9. The standard InChI is InChI=1S/C25H48N10O5/c1-15(2)13-18(34-21(37)16(27)7-3-4-10-26)22(38)33-17(8-5-11-31-25(29)30)24(40)35-12-6-9-19(35)23(39)32-14-20(28)36/h15-19H,3-14,26-27H2,1-2H3,(H2,28,36)(H,32,39)(H,33,38)(H,34,37)(H4,29,30,31)/t16-,17+,18+,19+/m1/s1. The number of nitrogens with one attached hydrogen (secondary N) is 5. The van der Waals surface area contributed by atoms with E-state index in [9.17, 15) is 24.0 Å². The van der Waals surface area contributed by atoms with E-state index in [0.717, 1.165) is 6.42 Å². The van der Waals surface area contributed by atoms with Crippen LogP contribution in [0.5, 0.6) is 0 Å². The van der Waals surface area contributed by atoms with Crippen LogP contribution in [0.3, 0.4) is 0 Å². The number of likely N-dealkylation sites (tertiary alicyclic amines) is 1. The second-order valence-electron chi connectivity index (χ2n) is 10.5. The van der Waals surface area contributed by atoms with Gasteiger partial charge in [-0.15, -0.1) is 0 Å². The summed E-state index contributed by atoms with van der Waals surface area (Å²) in [5.74, 6) is -2.83. The van der Waals surface area contributed by atoms with Crippen molar-refractivity contribution in [2.75, 3.05) is 26.2 Å². The molecule has 4 atom stereocenters. The third-order valence-corrected chi connectivity index (χ3v) is 6.52. The summed E-state index contributed by atoms with van der Waals surface area (Å²) < 4.78 is 0.